The molecule has 2 aromatic rings. The number of carbonyl (C=O) groups excluding carboxylic acids is 2. The van der Waals surface area contributed by atoms with E-state index in [1.165, 1.54) is 23.1 Å². The third-order valence-electron chi connectivity index (χ3n) is 3.76. The van der Waals surface area contributed by atoms with Crippen molar-refractivity contribution in [3.05, 3.63) is 47.5 Å². The van der Waals surface area contributed by atoms with Crippen molar-refractivity contribution >= 4 is 34.8 Å². The molecule has 0 fully saturated rings. The van der Waals surface area contributed by atoms with Gasteiger partial charge in [-0.1, -0.05) is 23.7 Å². The molecule has 0 atom stereocenters. The van der Waals surface area contributed by atoms with E-state index in [2.05, 4.69) is 10.1 Å². The number of para-hydroxylation sites is 2. The van der Waals surface area contributed by atoms with Crippen molar-refractivity contribution in [2.45, 2.75) is 13.0 Å². The molecule has 1 N–H and O–H groups in total. The highest BCUT2D eigenvalue weighted by atomic mass is 35.5. The number of anilines is 2. The molecule has 2 amide bonds. The third kappa shape index (κ3) is 4.65. The molecule has 142 valence electrons. The van der Waals surface area contributed by atoms with Crippen LogP contribution in [-0.2, 0) is 9.59 Å². The molecule has 2 aromatic carbocycles. The highest BCUT2D eigenvalue weighted by Gasteiger charge is 2.25. The molecule has 6 nitrogen and oxygen atoms in total. The van der Waals surface area contributed by atoms with E-state index in [4.69, 9.17) is 16.3 Å². The minimum atomic E-state index is -3.00. The second kappa shape index (κ2) is 8.22. The molecule has 0 aliphatic carbocycles. The SMILES string of the molecule is O=C(CN1C(=O)CCOc2ccccc21)Nc1ccc(OC(F)F)c(Cl)c1. The number of benzene rings is 2. The predicted octanol–water partition coefficient (Wildman–Crippen LogP) is 3.70. The molecule has 0 saturated carbocycles. The minimum absolute atomic E-state index is 0.0716. The lowest BCUT2D eigenvalue weighted by Crippen LogP contribution is -2.37. The number of alkyl halides is 2. The van der Waals surface area contributed by atoms with Crippen LogP contribution in [0.2, 0.25) is 5.02 Å². The predicted molar refractivity (Wildman–Crippen MR) is 95.6 cm³/mol. The van der Waals surface area contributed by atoms with Gasteiger partial charge in [-0.3, -0.25) is 14.5 Å². The van der Waals surface area contributed by atoms with E-state index < -0.39 is 12.5 Å². The van der Waals surface area contributed by atoms with Crippen LogP contribution in [0.25, 0.3) is 0 Å². The van der Waals surface area contributed by atoms with Gasteiger partial charge in [-0.25, -0.2) is 0 Å². The Balaban J connectivity index is 1.72. The van der Waals surface area contributed by atoms with E-state index in [0.29, 0.717) is 17.1 Å². The van der Waals surface area contributed by atoms with E-state index in [1.54, 1.807) is 24.3 Å². The van der Waals surface area contributed by atoms with Gasteiger partial charge in [0.25, 0.3) is 0 Å². The van der Waals surface area contributed by atoms with Gasteiger partial charge in [0.2, 0.25) is 11.8 Å². The number of carbonyl (C=O) groups is 2. The van der Waals surface area contributed by atoms with E-state index in [1.807, 2.05) is 0 Å². The van der Waals surface area contributed by atoms with Crippen molar-refractivity contribution in [3.8, 4) is 11.5 Å². The first-order chi connectivity index (χ1) is 12.9. The van der Waals surface area contributed by atoms with Crippen LogP contribution in [-0.4, -0.2) is 31.6 Å². The molecular weight excluding hydrogens is 382 g/mol. The van der Waals surface area contributed by atoms with Gasteiger partial charge in [0.1, 0.15) is 18.0 Å². The maximum absolute atomic E-state index is 12.4. The van der Waals surface area contributed by atoms with Crippen LogP contribution >= 0.6 is 11.6 Å². The second-order valence-electron chi connectivity index (χ2n) is 5.62. The van der Waals surface area contributed by atoms with Crippen LogP contribution in [0.5, 0.6) is 11.5 Å². The van der Waals surface area contributed by atoms with Gasteiger partial charge in [0, 0.05) is 5.69 Å². The summed E-state index contributed by atoms with van der Waals surface area (Å²) in [4.78, 5) is 26.0. The van der Waals surface area contributed by atoms with Crippen LogP contribution in [0.3, 0.4) is 0 Å². The van der Waals surface area contributed by atoms with Crippen molar-refractivity contribution < 1.29 is 27.8 Å². The summed E-state index contributed by atoms with van der Waals surface area (Å²) in [6.07, 6.45) is 0.146. The molecule has 27 heavy (non-hydrogen) atoms. The first-order valence-electron chi connectivity index (χ1n) is 8.00. The molecule has 0 saturated heterocycles. The number of nitrogens with one attached hydrogen (secondary N) is 1. The van der Waals surface area contributed by atoms with Gasteiger partial charge in [-0.2, -0.15) is 8.78 Å². The normalized spacial score (nSPS) is 13.6. The molecule has 0 unspecified atom stereocenters. The molecule has 0 aromatic heterocycles. The topological polar surface area (TPSA) is 67.9 Å². The summed E-state index contributed by atoms with van der Waals surface area (Å²) >= 11 is 5.87. The van der Waals surface area contributed by atoms with E-state index >= 15 is 0 Å². The van der Waals surface area contributed by atoms with Gasteiger partial charge in [0.15, 0.2) is 0 Å². The molecule has 1 aliphatic rings. The molecule has 3 rings (SSSR count). The minimum Gasteiger partial charge on any atom is -0.491 e. The summed E-state index contributed by atoms with van der Waals surface area (Å²) < 4.78 is 34.3. The number of halogens is 3. The number of ether oxygens (including phenoxy) is 2. The van der Waals surface area contributed by atoms with Crippen molar-refractivity contribution in [2.24, 2.45) is 0 Å². The van der Waals surface area contributed by atoms with Gasteiger partial charge in [0.05, 0.1) is 23.7 Å². The van der Waals surface area contributed by atoms with E-state index in [9.17, 15) is 18.4 Å². The zero-order chi connectivity index (χ0) is 19.4. The Kier molecular flexibility index (Phi) is 5.75. The summed E-state index contributed by atoms with van der Waals surface area (Å²) in [7, 11) is 0. The summed E-state index contributed by atoms with van der Waals surface area (Å²) in [5.74, 6) is -0.390. The van der Waals surface area contributed by atoms with Crippen molar-refractivity contribution in [3.63, 3.8) is 0 Å². The third-order valence-corrected chi connectivity index (χ3v) is 4.06. The number of amides is 2. The molecule has 1 heterocycles. The van der Waals surface area contributed by atoms with Crippen molar-refractivity contribution in [1.29, 1.82) is 0 Å². The lowest BCUT2D eigenvalue weighted by Gasteiger charge is -2.21. The standard InChI is InChI=1S/C18H15ClF2N2O4/c19-12-9-11(5-6-14(12)27-18(20)21)22-16(24)10-23-13-3-1-2-4-15(13)26-8-7-17(23)25/h1-6,9,18H,7-8,10H2,(H,22,24). The monoisotopic (exact) mass is 396 g/mol. The van der Waals surface area contributed by atoms with Gasteiger partial charge >= 0.3 is 6.61 Å². The highest BCUT2D eigenvalue weighted by molar-refractivity contribution is 6.32. The lowest BCUT2D eigenvalue weighted by molar-refractivity contribution is -0.121. The maximum atomic E-state index is 12.4. The van der Waals surface area contributed by atoms with Crippen molar-refractivity contribution in [1.82, 2.24) is 0 Å². The van der Waals surface area contributed by atoms with E-state index in [-0.39, 0.29) is 36.3 Å². The number of fused-ring (bicyclic) bond motifs is 1. The molecular formula is C18H15ClF2N2O4. The Hall–Kier alpha value is -2.87. The van der Waals surface area contributed by atoms with Crippen LogP contribution in [0.1, 0.15) is 6.42 Å². The maximum Gasteiger partial charge on any atom is 0.387 e. The molecule has 0 spiro atoms. The summed E-state index contributed by atoms with van der Waals surface area (Å²) in [5, 5.41) is 2.51. The molecule has 1 aliphatic heterocycles. The zero-order valence-electron chi connectivity index (χ0n) is 14.0. The summed E-state index contributed by atoms with van der Waals surface area (Å²) in [5.41, 5.74) is 0.798. The number of nitrogens with zero attached hydrogens (tertiary/aromatic N) is 1. The number of hydrogen-bond acceptors (Lipinski definition) is 4. The fourth-order valence-electron chi connectivity index (χ4n) is 2.61. The largest absolute Gasteiger partial charge is 0.491 e. The van der Waals surface area contributed by atoms with Crippen LogP contribution < -0.4 is 19.7 Å². The fourth-order valence-corrected chi connectivity index (χ4v) is 2.83. The zero-order valence-corrected chi connectivity index (χ0v) is 14.7. The molecule has 0 bridgehead atoms. The first-order valence-corrected chi connectivity index (χ1v) is 8.38. The Labute approximate surface area is 158 Å². The van der Waals surface area contributed by atoms with Gasteiger partial charge in [-0.15, -0.1) is 0 Å². The Morgan fingerprint density at radius 1 is 1.30 bits per heavy atom. The average molecular weight is 397 g/mol. The molecule has 9 heteroatoms. The van der Waals surface area contributed by atoms with E-state index in [0.717, 1.165) is 0 Å². The summed E-state index contributed by atoms with van der Waals surface area (Å²) in [6, 6.07) is 10.8. The van der Waals surface area contributed by atoms with Gasteiger partial charge in [-0.05, 0) is 30.3 Å². The Morgan fingerprint density at radius 2 is 2.07 bits per heavy atom. The highest BCUT2D eigenvalue weighted by Crippen LogP contribution is 2.31. The fraction of sp³-hybridized carbons (Fsp3) is 0.222. The van der Waals surface area contributed by atoms with Gasteiger partial charge < -0.3 is 14.8 Å². The Bertz CT molecular complexity index is 863. The first kappa shape index (κ1) is 18.9. The Morgan fingerprint density at radius 3 is 2.81 bits per heavy atom. The average Bonchev–Trinajstić information content (AvgIpc) is 2.76. The second-order valence-corrected chi connectivity index (χ2v) is 6.03. The molecule has 0 radical (unpaired) electrons. The van der Waals surface area contributed by atoms with Crippen LogP contribution in [0, 0.1) is 0 Å². The summed E-state index contributed by atoms with van der Waals surface area (Å²) in [6.45, 7) is -3.00. The number of rotatable bonds is 5. The van der Waals surface area contributed by atoms with Crippen LogP contribution in [0.4, 0.5) is 20.2 Å². The van der Waals surface area contributed by atoms with Crippen molar-refractivity contribution in [2.75, 3.05) is 23.4 Å². The quantitative estimate of drug-likeness (QED) is 0.836. The smallest absolute Gasteiger partial charge is 0.387 e. The lowest BCUT2D eigenvalue weighted by atomic mass is 10.2. The number of hydrogen-bond donors (Lipinski definition) is 1. The van der Waals surface area contributed by atoms with Crippen LogP contribution in [0.15, 0.2) is 42.5 Å².